The number of hydrogen-bond acceptors (Lipinski definition) is 3. The molecule has 0 unspecified atom stereocenters. The van der Waals surface area contributed by atoms with E-state index >= 15 is 0 Å². The molecule has 30 heavy (non-hydrogen) atoms. The molecule has 2 N–H and O–H groups in total. The van der Waals surface area contributed by atoms with Crippen molar-refractivity contribution in [2.24, 2.45) is 4.99 Å². The van der Waals surface area contributed by atoms with E-state index in [1.165, 1.54) is 12.1 Å². The largest absolute Gasteiger partial charge is 0.416 e. The molecule has 1 amide bonds. The summed E-state index contributed by atoms with van der Waals surface area (Å²) < 4.78 is 38.8. The fourth-order valence-corrected chi connectivity index (χ4v) is 3.93. The first-order valence-electron chi connectivity index (χ1n) is 9.88. The summed E-state index contributed by atoms with van der Waals surface area (Å²) in [7, 11) is 0. The van der Waals surface area contributed by atoms with E-state index in [4.69, 9.17) is 0 Å². The number of nitrogens with one attached hydrogen (secondary N) is 1. The molecule has 1 aliphatic carbocycles. The minimum atomic E-state index is -4.53. The summed E-state index contributed by atoms with van der Waals surface area (Å²) in [5.74, 6) is -0.663. The normalized spacial score (nSPS) is 21.3. The van der Waals surface area contributed by atoms with Crippen molar-refractivity contribution in [3.8, 4) is 0 Å². The summed E-state index contributed by atoms with van der Waals surface area (Å²) >= 11 is 0. The molecule has 158 valence electrons. The molecule has 2 atom stereocenters. The number of aliphatic hydroxyl groups excluding tert-OH is 1. The maximum atomic E-state index is 12.9. The zero-order valence-electron chi connectivity index (χ0n) is 16.2. The summed E-state index contributed by atoms with van der Waals surface area (Å²) in [5.41, 5.74) is 1.33. The van der Waals surface area contributed by atoms with Gasteiger partial charge in [-0.3, -0.25) is 4.79 Å². The molecule has 0 spiro atoms. The number of carbonyl (C=O) groups excluding carboxylic acids is 1. The van der Waals surface area contributed by atoms with Gasteiger partial charge in [-0.2, -0.15) is 13.2 Å². The quantitative estimate of drug-likeness (QED) is 0.587. The Labute approximate surface area is 172 Å². The van der Waals surface area contributed by atoms with E-state index in [9.17, 15) is 23.1 Å². The van der Waals surface area contributed by atoms with E-state index in [-0.39, 0.29) is 5.56 Å². The van der Waals surface area contributed by atoms with Gasteiger partial charge in [-0.15, -0.1) is 0 Å². The van der Waals surface area contributed by atoms with Gasteiger partial charge in [0.15, 0.2) is 0 Å². The molecule has 8 heteroatoms. The summed E-state index contributed by atoms with van der Waals surface area (Å²) in [6.07, 6.45) is -0.932. The highest BCUT2D eigenvalue weighted by Crippen LogP contribution is 2.35. The van der Waals surface area contributed by atoms with Crippen LogP contribution in [0.2, 0.25) is 0 Å². The van der Waals surface area contributed by atoms with Gasteiger partial charge in [0.05, 0.1) is 29.7 Å². The van der Waals surface area contributed by atoms with Gasteiger partial charge >= 0.3 is 6.18 Å². The number of halogens is 3. The number of alkyl halides is 3. The van der Waals surface area contributed by atoms with Crippen molar-refractivity contribution in [3.63, 3.8) is 0 Å². The molecular weight excluding hydrogens is 395 g/mol. The topological polar surface area (TPSA) is 64.9 Å². The lowest BCUT2D eigenvalue weighted by atomic mass is 10.1. The Hall–Kier alpha value is -2.87. The Bertz CT molecular complexity index is 968. The van der Waals surface area contributed by atoms with E-state index in [0.717, 1.165) is 49.2 Å². The van der Waals surface area contributed by atoms with Gasteiger partial charge in [0.1, 0.15) is 0 Å². The van der Waals surface area contributed by atoms with Crippen LogP contribution >= 0.6 is 0 Å². The van der Waals surface area contributed by atoms with E-state index in [2.05, 4.69) is 15.2 Å². The molecule has 2 aromatic carbocycles. The molecule has 2 aliphatic rings. The van der Waals surface area contributed by atoms with Crippen LogP contribution in [0.5, 0.6) is 0 Å². The van der Waals surface area contributed by atoms with Gasteiger partial charge in [-0.05, 0) is 54.3 Å². The lowest BCUT2D eigenvalue weighted by molar-refractivity contribution is -0.137. The van der Waals surface area contributed by atoms with Gasteiger partial charge in [0, 0.05) is 25.1 Å². The minimum Gasteiger partial charge on any atom is -0.390 e. The molecule has 1 aliphatic heterocycles. The Morgan fingerprint density at radius 2 is 1.93 bits per heavy atom. The summed E-state index contributed by atoms with van der Waals surface area (Å²) in [5, 5.41) is 13.1. The van der Waals surface area contributed by atoms with E-state index in [1.54, 1.807) is 6.34 Å². The molecule has 1 saturated heterocycles. The lowest BCUT2D eigenvalue weighted by Gasteiger charge is -2.19. The van der Waals surface area contributed by atoms with Gasteiger partial charge in [0.25, 0.3) is 5.91 Å². The monoisotopic (exact) mass is 417 g/mol. The van der Waals surface area contributed by atoms with Crippen molar-refractivity contribution >= 4 is 17.9 Å². The number of amides is 1. The number of benzene rings is 2. The van der Waals surface area contributed by atoms with Crippen molar-refractivity contribution in [1.29, 1.82) is 0 Å². The second kappa shape index (κ2) is 8.10. The smallest absolute Gasteiger partial charge is 0.390 e. The molecule has 1 fully saturated rings. The van der Waals surface area contributed by atoms with E-state index in [1.807, 2.05) is 18.2 Å². The van der Waals surface area contributed by atoms with E-state index < -0.39 is 29.8 Å². The Morgan fingerprint density at radius 1 is 1.17 bits per heavy atom. The third-order valence-corrected chi connectivity index (χ3v) is 5.53. The van der Waals surface area contributed by atoms with Crippen molar-refractivity contribution < 1.29 is 23.1 Å². The second-order valence-corrected chi connectivity index (χ2v) is 7.67. The lowest BCUT2D eigenvalue weighted by Crippen LogP contribution is -2.34. The van der Waals surface area contributed by atoms with Crippen molar-refractivity contribution in [2.75, 3.05) is 13.1 Å². The number of likely N-dealkylation sites (tertiary alicyclic amines) is 1. The highest BCUT2D eigenvalue weighted by atomic mass is 19.4. The van der Waals surface area contributed by atoms with Gasteiger partial charge in [-0.1, -0.05) is 12.1 Å². The van der Waals surface area contributed by atoms with Crippen LogP contribution in [0.3, 0.4) is 0 Å². The van der Waals surface area contributed by atoms with Crippen LogP contribution < -0.4 is 5.32 Å². The van der Waals surface area contributed by atoms with Gasteiger partial charge in [0.2, 0.25) is 0 Å². The van der Waals surface area contributed by atoms with Crippen molar-refractivity contribution in [2.45, 2.75) is 37.6 Å². The second-order valence-electron chi connectivity index (χ2n) is 7.67. The minimum absolute atomic E-state index is 0.103. The first-order chi connectivity index (χ1) is 14.3. The fraction of sp³-hybridized carbons (Fsp3) is 0.364. The average Bonchev–Trinajstić information content (AvgIpc) is 3.34. The Kier molecular flexibility index (Phi) is 5.51. The predicted molar refractivity (Wildman–Crippen MR) is 107 cm³/mol. The third-order valence-electron chi connectivity index (χ3n) is 5.53. The van der Waals surface area contributed by atoms with Crippen molar-refractivity contribution in [1.82, 2.24) is 10.2 Å². The molecule has 0 radical (unpaired) electrons. The molecule has 1 heterocycles. The number of aliphatic imine (C=N–C) groups is 1. The molecule has 0 bridgehead atoms. The number of hydrogen-bond donors (Lipinski definition) is 2. The fourth-order valence-electron chi connectivity index (χ4n) is 3.93. The maximum absolute atomic E-state index is 12.9. The Balaban J connectivity index is 1.53. The zero-order chi connectivity index (χ0) is 21.3. The molecule has 4 rings (SSSR count). The summed E-state index contributed by atoms with van der Waals surface area (Å²) in [6.45, 7) is 1.95. The summed E-state index contributed by atoms with van der Waals surface area (Å²) in [6, 6.07) is 9.08. The SMILES string of the molecule is O=C(N[C@@H]1c2cc(N=CN3CCCC3)ccc2C[C@H]1O)c1cccc(C(F)(F)F)c1. The number of rotatable bonds is 4. The molecular formula is C22H22F3N3O2. The molecule has 2 aromatic rings. The van der Waals surface area contributed by atoms with Crippen LogP contribution in [0.4, 0.5) is 18.9 Å². The van der Waals surface area contributed by atoms with Crippen LogP contribution in [-0.2, 0) is 12.6 Å². The van der Waals surface area contributed by atoms with E-state index in [0.29, 0.717) is 12.1 Å². The van der Waals surface area contributed by atoms with Crippen molar-refractivity contribution in [3.05, 3.63) is 64.7 Å². The summed E-state index contributed by atoms with van der Waals surface area (Å²) in [4.78, 5) is 19.2. The number of carbonyl (C=O) groups is 1. The maximum Gasteiger partial charge on any atom is 0.416 e. The van der Waals surface area contributed by atoms with Crippen LogP contribution in [0.1, 0.15) is 45.9 Å². The zero-order valence-corrected chi connectivity index (χ0v) is 16.2. The number of aliphatic hydroxyl groups is 1. The first kappa shape index (κ1) is 20.4. The molecule has 5 nitrogen and oxygen atoms in total. The van der Waals surface area contributed by atoms with Crippen LogP contribution in [0, 0.1) is 0 Å². The standard InChI is InChI=1S/C22H22F3N3O2/c23-22(24,25)16-5-3-4-15(10-16)21(30)27-20-18-12-17(7-6-14(18)11-19(20)29)26-13-28-8-1-2-9-28/h3-7,10,12-13,19-20,29H,1-2,8-9,11H2,(H,27,30)/t19-,20-/m1/s1. The highest BCUT2D eigenvalue weighted by molar-refractivity contribution is 5.94. The van der Waals surface area contributed by atoms with Crippen LogP contribution in [0.15, 0.2) is 47.5 Å². The Morgan fingerprint density at radius 3 is 2.67 bits per heavy atom. The van der Waals surface area contributed by atoms with Crippen LogP contribution in [0.25, 0.3) is 0 Å². The third kappa shape index (κ3) is 4.33. The highest BCUT2D eigenvalue weighted by Gasteiger charge is 2.34. The van der Waals surface area contributed by atoms with Gasteiger partial charge < -0.3 is 15.3 Å². The first-order valence-corrected chi connectivity index (χ1v) is 9.88. The van der Waals surface area contributed by atoms with Gasteiger partial charge in [-0.25, -0.2) is 4.99 Å². The average molecular weight is 417 g/mol. The van der Waals surface area contributed by atoms with Crippen LogP contribution in [-0.4, -0.2) is 41.4 Å². The number of fused-ring (bicyclic) bond motifs is 1. The predicted octanol–water partition coefficient (Wildman–Crippen LogP) is 3.85. The number of nitrogens with zero attached hydrogens (tertiary/aromatic N) is 2. The molecule has 0 saturated carbocycles. The molecule has 0 aromatic heterocycles.